The average molecular weight is 353 g/mol. The summed E-state index contributed by atoms with van der Waals surface area (Å²) in [6, 6.07) is 7.33. The zero-order valence-electron chi connectivity index (χ0n) is 14.1. The lowest BCUT2D eigenvalue weighted by atomic mass is 10.1. The van der Waals surface area contributed by atoms with Crippen LogP contribution in [0.25, 0.3) is 33.9 Å². The van der Waals surface area contributed by atoms with Crippen molar-refractivity contribution in [2.24, 2.45) is 0 Å². The molecule has 7 heteroatoms. The number of unbranched alkanes of at least 4 members (excludes halogenated alkanes) is 2. The summed E-state index contributed by atoms with van der Waals surface area (Å²) in [5, 5.41) is 13.0. The lowest BCUT2D eigenvalue weighted by molar-refractivity contribution is 0.283. The molecular formula is C19H19N3O4. The molecule has 4 aromatic rings. The van der Waals surface area contributed by atoms with Crippen LogP contribution in [0.3, 0.4) is 0 Å². The van der Waals surface area contributed by atoms with Crippen molar-refractivity contribution in [2.45, 2.75) is 19.3 Å². The van der Waals surface area contributed by atoms with E-state index in [-0.39, 0.29) is 6.61 Å². The van der Waals surface area contributed by atoms with Gasteiger partial charge < -0.3 is 23.7 Å². The number of aliphatic hydroxyl groups is 1. The standard InChI is InChI=1S/C19H19N3O4/c23-9-3-1-2-8-20-18-16-15(13-6-4-10-24-13)17(14-7-5-11-25-14)26-19(16)22-12-21-18/h4-7,10-12,23H,1-3,8-9H2,(H,20,21,22). The van der Waals surface area contributed by atoms with Crippen LogP contribution in [-0.4, -0.2) is 28.2 Å². The molecule has 4 heterocycles. The summed E-state index contributed by atoms with van der Waals surface area (Å²) in [7, 11) is 0. The highest BCUT2D eigenvalue weighted by molar-refractivity contribution is 6.04. The molecule has 0 bridgehead atoms. The van der Waals surface area contributed by atoms with Gasteiger partial charge in [-0.1, -0.05) is 0 Å². The Labute approximate surface area is 149 Å². The van der Waals surface area contributed by atoms with Crippen LogP contribution in [0, 0.1) is 0 Å². The predicted molar refractivity (Wildman–Crippen MR) is 96.6 cm³/mol. The molecule has 134 valence electrons. The number of anilines is 1. The molecule has 0 aliphatic rings. The summed E-state index contributed by atoms with van der Waals surface area (Å²) in [5.41, 5.74) is 1.23. The van der Waals surface area contributed by atoms with Crippen LogP contribution in [0.15, 0.2) is 56.4 Å². The van der Waals surface area contributed by atoms with Crippen LogP contribution in [0.4, 0.5) is 5.82 Å². The molecule has 0 aromatic carbocycles. The first-order valence-corrected chi connectivity index (χ1v) is 8.58. The quantitative estimate of drug-likeness (QED) is 0.455. The first kappa shape index (κ1) is 16.4. The Morgan fingerprint density at radius 1 is 0.962 bits per heavy atom. The highest BCUT2D eigenvalue weighted by atomic mass is 16.4. The summed E-state index contributed by atoms with van der Waals surface area (Å²) < 4.78 is 17.1. The fourth-order valence-electron chi connectivity index (χ4n) is 2.92. The fourth-order valence-corrected chi connectivity index (χ4v) is 2.92. The van der Waals surface area contributed by atoms with E-state index >= 15 is 0 Å². The van der Waals surface area contributed by atoms with E-state index in [1.165, 1.54) is 6.33 Å². The Balaban J connectivity index is 1.77. The molecule has 0 atom stereocenters. The van der Waals surface area contributed by atoms with Crippen molar-refractivity contribution in [1.82, 2.24) is 9.97 Å². The number of aliphatic hydroxyl groups excluding tert-OH is 1. The summed E-state index contributed by atoms with van der Waals surface area (Å²) in [5.74, 6) is 2.51. The van der Waals surface area contributed by atoms with Gasteiger partial charge in [0.2, 0.25) is 5.71 Å². The highest BCUT2D eigenvalue weighted by Gasteiger charge is 2.25. The molecule has 26 heavy (non-hydrogen) atoms. The van der Waals surface area contributed by atoms with Gasteiger partial charge >= 0.3 is 0 Å². The van der Waals surface area contributed by atoms with Gasteiger partial charge in [-0.2, -0.15) is 0 Å². The molecule has 0 aliphatic heterocycles. The van der Waals surface area contributed by atoms with Gasteiger partial charge in [-0.25, -0.2) is 9.97 Å². The molecule has 0 saturated carbocycles. The first-order valence-electron chi connectivity index (χ1n) is 8.58. The Bertz CT molecular complexity index is 958. The van der Waals surface area contributed by atoms with E-state index in [9.17, 15) is 0 Å². The van der Waals surface area contributed by atoms with Gasteiger partial charge in [0.05, 0.1) is 23.5 Å². The molecule has 0 spiro atoms. The van der Waals surface area contributed by atoms with Crippen molar-refractivity contribution < 1.29 is 18.4 Å². The fraction of sp³-hybridized carbons (Fsp3) is 0.263. The summed E-state index contributed by atoms with van der Waals surface area (Å²) in [4.78, 5) is 8.65. The molecular weight excluding hydrogens is 334 g/mol. The van der Waals surface area contributed by atoms with E-state index in [0.29, 0.717) is 28.8 Å². The average Bonchev–Trinajstić information content (AvgIpc) is 3.40. The summed E-state index contributed by atoms with van der Waals surface area (Å²) >= 11 is 0. The number of fused-ring (bicyclic) bond motifs is 1. The van der Waals surface area contributed by atoms with E-state index in [1.807, 2.05) is 18.2 Å². The molecule has 0 fully saturated rings. The van der Waals surface area contributed by atoms with Crippen LogP contribution in [0.5, 0.6) is 0 Å². The molecule has 4 aromatic heterocycles. The Kier molecular flexibility index (Phi) is 4.70. The van der Waals surface area contributed by atoms with E-state index < -0.39 is 0 Å². The molecule has 4 rings (SSSR count). The summed E-state index contributed by atoms with van der Waals surface area (Å²) in [6.45, 7) is 0.958. The van der Waals surface area contributed by atoms with Gasteiger partial charge in [0, 0.05) is 13.2 Å². The molecule has 2 N–H and O–H groups in total. The molecule has 0 saturated heterocycles. The zero-order valence-corrected chi connectivity index (χ0v) is 14.1. The minimum absolute atomic E-state index is 0.217. The highest BCUT2D eigenvalue weighted by Crippen LogP contribution is 2.42. The lowest BCUT2D eigenvalue weighted by Gasteiger charge is -2.06. The lowest BCUT2D eigenvalue weighted by Crippen LogP contribution is -2.04. The molecule has 0 aliphatic carbocycles. The smallest absolute Gasteiger partial charge is 0.232 e. The Morgan fingerprint density at radius 3 is 2.50 bits per heavy atom. The molecule has 0 radical (unpaired) electrons. The normalized spacial score (nSPS) is 11.3. The summed E-state index contributed by atoms with van der Waals surface area (Å²) in [6.07, 6.45) is 7.37. The number of hydrogen-bond donors (Lipinski definition) is 2. The SMILES string of the molecule is OCCCCCNc1ncnc2oc(-c3ccco3)c(-c3ccco3)c12. The number of aromatic nitrogens is 2. The van der Waals surface area contributed by atoms with E-state index in [0.717, 1.165) is 36.8 Å². The number of hydrogen-bond acceptors (Lipinski definition) is 7. The zero-order chi connectivity index (χ0) is 17.8. The first-order chi connectivity index (χ1) is 12.9. The Morgan fingerprint density at radius 2 is 1.77 bits per heavy atom. The molecule has 0 unspecified atom stereocenters. The van der Waals surface area contributed by atoms with E-state index in [2.05, 4.69) is 15.3 Å². The van der Waals surface area contributed by atoms with Crippen molar-refractivity contribution in [3.63, 3.8) is 0 Å². The predicted octanol–water partition coefficient (Wildman–Crippen LogP) is 4.32. The van der Waals surface area contributed by atoms with Gasteiger partial charge in [0.1, 0.15) is 17.9 Å². The third kappa shape index (κ3) is 3.09. The van der Waals surface area contributed by atoms with Crippen molar-refractivity contribution in [2.75, 3.05) is 18.5 Å². The number of rotatable bonds is 8. The third-order valence-corrected chi connectivity index (χ3v) is 4.13. The monoisotopic (exact) mass is 353 g/mol. The minimum atomic E-state index is 0.217. The number of furan rings is 3. The van der Waals surface area contributed by atoms with Gasteiger partial charge in [0.15, 0.2) is 11.5 Å². The maximum atomic E-state index is 8.89. The van der Waals surface area contributed by atoms with Crippen LogP contribution in [0.1, 0.15) is 19.3 Å². The second-order valence-corrected chi connectivity index (χ2v) is 5.87. The maximum absolute atomic E-state index is 8.89. The largest absolute Gasteiger partial charge is 0.464 e. The Hall–Kier alpha value is -3.06. The second kappa shape index (κ2) is 7.45. The number of nitrogens with one attached hydrogen (secondary N) is 1. The van der Waals surface area contributed by atoms with Crippen LogP contribution in [0.2, 0.25) is 0 Å². The van der Waals surface area contributed by atoms with Crippen LogP contribution >= 0.6 is 0 Å². The van der Waals surface area contributed by atoms with Gasteiger partial charge in [-0.15, -0.1) is 0 Å². The minimum Gasteiger partial charge on any atom is -0.464 e. The second-order valence-electron chi connectivity index (χ2n) is 5.87. The third-order valence-electron chi connectivity index (χ3n) is 4.13. The molecule has 0 amide bonds. The number of nitrogens with zero attached hydrogens (tertiary/aromatic N) is 2. The van der Waals surface area contributed by atoms with Crippen LogP contribution < -0.4 is 5.32 Å². The van der Waals surface area contributed by atoms with Gasteiger partial charge in [-0.05, 0) is 43.5 Å². The van der Waals surface area contributed by atoms with Crippen molar-refractivity contribution >= 4 is 16.9 Å². The van der Waals surface area contributed by atoms with Gasteiger partial charge in [-0.3, -0.25) is 0 Å². The van der Waals surface area contributed by atoms with E-state index in [4.69, 9.17) is 18.4 Å². The topological polar surface area (TPSA) is 97.5 Å². The van der Waals surface area contributed by atoms with E-state index in [1.54, 1.807) is 18.6 Å². The van der Waals surface area contributed by atoms with Crippen LogP contribution in [-0.2, 0) is 0 Å². The maximum Gasteiger partial charge on any atom is 0.232 e. The van der Waals surface area contributed by atoms with Gasteiger partial charge in [0.25, 0.3) is 0 Å². The van der Waals surface area contributed by atoms with Crippen molar-refractivity contribution in [3.8, 4) is 22.8 Å². The molecule has 7 nitrogen and oxygen atoms in total. The van der Waals surface area contributed by atoms with Crippen molar-refractivity contribution in [3.05, 3.63) is 43.1 Å². The van der Waals surface area contributed by atoms with Crippen molar-refractivity contribution in [1.29, 1.82) is 0 Å².